The summed E-state index contributed by atoms with van der Waals surface area (Å²) in [5, 5.41) is 12.6. The fourth-order valence-electron chi connectivity index (χ4n) is 1.71. The van der Waals surface area contributed by atoms with Crippen LogP contribution in [0.4, 0.5) is 5.69 Å². The fourth-order valence-corrected chi connectivity index (χ4v) is 2.11. The number of aromatic hydroxyl groups is 1. The van der Waals surface area contributed by atoms with E-state index in [-0.39, 0.29) is 11.5 Å². The Morgan fingerprint density at radius 1 is 1.25 bits per heavy atom. The predicted molar refractivity (Wildman–Crippen MR) is 84.1 cm³/mol. The number of benzene rings is 2. The van der Waals surface area contributed by atoms with Gasteiger partial charge in [0.05, 0.1) is 5.69 Å². The summed E-state index contributed by atoms with van der Waals surface area (Å²) in [6, 6.07) is 12.5. The second kappa shape index (κ2) is 6.39. The molecule has 102 valence electrons. The molecule has 0 bridgehead atoms. The lowest BCUT2D eigenvalue weighted by Gasteiger charge is -2.04. The van der Waals surface area contributed by atoms with Crippen molar-refractivity contribution in [3.8, 4) is 5.75 Å². The van der Waals surface area contributed by atoms with E-state index >= 15 is 0 Å². The molecule has 0 fully saturated rings. The van der Waals surface area contributed by atoms with E-state index in [9.17, 15) is 9.90 Å². The average Bonchev–Trinajstić information content (AvgIpc) is 2.41. The molecule has 4 heteroatoms. The topological polar surface area (TPSA) is 49.3 Å². The van der Waals surface area contributed by atoms with E-state index in [2.05, 4.69) is 21.2 Å². The molecule has 2 N–H and O–H groups in total. The SMILES string of the molecule is Cc1ccc(N/C=C/C(=O)c2cccc(Br)c2)c(O)c1. The number of phenolic OH excluding ortho intramolecular Hbond substituents is 1. The number of carbonyl (C=O) groups excluding carboxylic acids is 1. The molecule has 20 heavy (non-hydrogen) atoms. The number of phenols is 1. The van der Waals surface area contributed by atoms with Crippen LogP contribution < -0.4 is 5.32 Å². The predicted octanol–water partition coefficient (Wildman–Crippen LogP) is 4.27. The molecule has 2 aromatic rings. The lowest BCUT2D eigenvalue weighted by atomic mass is 10.1. The van der Waals surface area contributed by atoms with Crippen LogP contribution >= 0.6 is 15.9 Å². The first-order valence-electron chi connectivity index (χ1n) is 6.09. The van der Waals surface area contributed by atoms with Crippen molar-refractivity contribution in [2.75, 3.05) is 5.32 Å². The van der Waals surface area contributed by atoms with Gasteiger partial charge in [-0.15, -0.1) is 0 Å². The first-order chi connectivity index (χ1) is 9.56. The Balaban J connectivity index is 2.05. The van der Waals surface area contributed by atoms with Gasteiger partial charge in [0.1, 0.15) is 5.75 Å². The average molecular weight is 332 g/mol. The van der Waals surface area contributed by atoms with Crippen molar-refractivity contribution in [3.05, 3.63) is 70.3 Å². The fraction of sp³-hybridized carbons (Fsp3) is 0.0625. The molecule has 0 saturated heterocycles. The van der Waals surface area contributed by atoms with Crippen molar-refractivity contribution in [2.24, 2.45) is 0 Å². The monoisotopic (exact) mass is 331 g/mol. The number of allylic oxidation sites excluding steroid dienone is 1. The highest BCUT2D eigenvalue weighted by Crippen LogP contribution is 2.23. The first kappa shape index (κ1) is 14.3. The van der Waals surface area contributed by atoms with Gasteiger partial charge in [-0.3, -0.25) is 4.79 Å². The third-order valence-electron chi connectivity index (χ3n) is 2.74. The zero-order valence-electron chi connectivity index (χ0n) is 10.9. The molecule has 0 heterocycles. The van der Waals surface area contributed by atoms with Gasteiger partial charge in [-0.25, -0.2) is 0 Å². The number of halogens is 1. The van der Waals surface area contributed by atoms with E-state index in [0.717, 1.165) is 10.0 Å². The Morgan fingerprint density at radius 3 is 2.75 bits per heavy atom. The summed E-state index contributed by atoms with van der Waals surface area (Å²) < 4.78 is 0.862. The largest absolute Gasteiger partial charge is 0.506 e. The summed E-state index contributed by atoms with van der Waals surface area (Å²) in [6.07, 6.45) is 2.95. The van der Waals surface area contributed by atoms with Gasteiger partial charge in [0, 0.05) is 22.3 Å². The van der Waals surface area contributed by atoms with E-state index < -0.39 is 0 Å². The Morgan fingerprint density at radius 2 is 2.05 bits per heavy atom. The van der Waals surface area contributed by atoms with Gasteiger partial charge in [0.25, 0.3) is 0 Å². The molecule has 0 aliphatic carbocycles. The number of anilines is 1. The number of carbonyl (C=O) groups is 1. The van der Waals surface area contributed by atoms with E-state index in [1.54, 1.807) is 24.3 Å². The highest BCUT2D eigenvalue weighted by Gasteiger charge is 2.02. The molecule has 3 nitrogen and oxygen atoms in total. The smallest absolute Gasteiger partial charge is 0.187 e. The Labute approximate surface area is 126 Å². The second-order valence-electron chi connectivity index (χ2n) is 4.37. The molecule has 0 aliphatic rings. The second-order valence-corrected chi connectivity index (χ2v) is 5.29. The lowest BCUT2D eigenvalue weighted by molar-refractivity contribution is 0.104. The van der Waals surface area contributed by atoms with Crippen LogP contribution in [-0.4, -0.2) is 10.9 Å². The van der Waals surface area contributed by atoms with E-state index in [0.29, 0.717) is 11.3 Å². The minimum atomic E-state index is -0.106. The van der Waals surface area contributed by atoms with E-state index in [1.807, 2.05) is 25.1 Å². The van der Waals surface area contributed by atoms with Crippen molar-refractivity contribution in [1.29, 1.82) is 0 Å². The third-order valence-corrected chi connectivity index (χ3v) is 3.23. The van der Waals surface area contributed by atoms with Crippen molar-refractivity contribution >= 4 is 27.4 Å². The van der Waals surface area contributed by atoms with Gasteiger partial charge in [-0.2, -0.15) is 0 Å². The molecule has 2 aromatic carbocycles. The quantitative estimate of drug-likeness (QED) is 0.499. The number of hydrogen-bond acceptors (Lipinski definition) is 3. The molecule has 0 atom stereocenters. The summed E-state index contributed by atoms with van der Waals surface area (Å²) in [4.78, 5) is 11.9. The highest BCUT2D eigenvalue weighted by atomic mass is 79.9. The van der Waals surface area contributed by atoms with Crippen molar-refractivity contribution in [1.82, 2.24) is 0 Å². The van der Waals surface area contributed by atoms with Crippen LogP contribution in [0.15, 0.2) is 59.2 Å². The van der Waals surface area contributed by atoms with Crippen LogP contribution in [0.3, 0.4) is 0 Å². The van der Waals surface area contributed by atoms with Crippen molar-refractivity contribution < 1.29 is 9.90 Å². The zero-order chi connectivity index (χ0) is 14.5. The molecule has 0 radical (unpaired) electrons. The van der Waals surface area contributed by atoms with Gasteiger partial charge >= 0.3 is 0 Å². The first-order valence-corrected chi connectivity index (χ1v) is 6.88. The summed E-state index contributed by atoms with van der Waals surface area (Å²) in [5.41, 5.74) is 2.14. The third kappa shape index (κ3) is 3.71. The highest BCUT2D eigenvalue weighted by molar-refractivity contribution is 9.10. The maximum atomic E-state index is 11.9. The number of ketones is 1. The molecule has 2 rings (SSSR count). The van der Waals surface area contributed by atoms with Crippen LogP contribution in [0, 0.1) is 6.92 Å². The van der Waals surface area contributed by atoms with Crippen LogP contribution in [0.2, 0.25) is 0 Å². The number of nitrogens with one attached hydrogen (secondary N) is 1. The Kier molecular flexibility index (Phi) is 4.58. The Hall–Kier alpha value is -2.07. The number of aryl methyl sites for hydroxylation is 1. The molecule has 0 aliphatic heterocycles. The van der Waals surface area contributed by atoms with Gasteiger partial charge in [-0.1, -0.05) is 34.1 Å². The van der Waals surface area contributed by atoms with E-state index in [1.165, 1.54) is 12.3 Å². The molecule has 0 aromatic heterocycles. The van der Waals surface area contributed by atoms with Gasteiger partial charge < -0.3 is 10.4 Å². The standard InChI is InChI=1S/C16H14BrNO2/c1-11-5-6-14(16(20)9-11)18-8-7-15(19)12-3-2-4-13(17)10-12/h2-10,18,20H,1H3/b8-7+. The zero-order valence-corrected chi connectivity index (χ0v) is 12.5. The van der Waals surface area contributed by atoms with Crippen molar-refractivity contribution in [3.63, 3.8) is 0 Å². The Bertz CT molecular complexity index is 665. The summed E-state index contributed by atoms with van der Waals surface area (Å²) in [5.74, 6) is 0.0509. The summed E-state index contributed by atoms with van der Waals surface area (Å²) >= 11 is 3.33. The minimum Gasteiger partial charge on any atom is -0.506 e. The molecule has 0 saturated carbocycles. The maximum absolute atomic E-state index is 11.9. The van der Waals surface area contributed by atoms with Gasteiger partial charge in [-0.05, 0) is 36.8 Å². The number of hydrogen-bond donors (Lipinski definition) is 2. The molecule has 0 amide bonds. The van der Waals surface area contributed by atoms with E-state index in [4.69, 9.17) is 0 Å². The molecule has 0 unspecified atom stereocenters. The van der Waals surface area contributed by atoms with Crippen molar-refractivity contribution in [2.45, 2.75) is 6.92 Å². The minimum absolute atomic E-state index is 0.106. The van der Waals surface area contributed by atoms with Crippen LogP contribution in [0.5, 0.6) is 5.75 Å². The lowest BCUT2D eigenvalue weighted by Crippen LogP contribution is -1.96. The maximum Gasteiger partial charge on any atom is 0.187 e. The molecule has 0 spiro atoms. The number of rotatable bonds is 4. The normalized spacial score (nSPS) is 10.7. The van der Waals surface area contributed by atoms with Crippen LogP contribution in [0.1, 0.15) is 15.9 Å². The van der Waals surface area contributed by atoms with Crippen LogP contribution in [0.25, 0.3) is 0 Å². The van der Waals surface area contributed by atoms with Gasteiger partial charge in [0.15, 0.2) is 5.78 Å². The summed E-state index contributed by atoms with van der Waals surface area (Å²) in [6.45, 7) is 1.90. The van der Waals surface area contributed by atoms with Gasteiger partial charge in [0.2, 0.25) is 0 Å². The molecular formula is C16H14BrNO2. The molecular weight excluding hydrogens is 318 g/mol. The van der Waals surface area contributed by atoms with Crippen LogP contribution in [-0.2, 0) is 0 Å². The summed E-state index contributed by atoms with van der Waals surface area (Å²) in [7, 11) is 0.